The zero-order valence-corrected chi connectivity index (χ0v) is 10.5. The molecule has 0 bridgehead atoms. The van der Waals surface area contributed by atoms with E-state index < -0.39 is 7.12 Å². The smallest absolute Gasteiger partial charge is 0.423 e. The fourth-order valence-corrected chi connectivity index (χ4v) is 3.97. The van der Waals surface area contributed by atoms with Crippen molar-refractivity contribution in [2.75, 3.05) is 0 Å². The summed E-state index contributed by atoms with van der Waals surface area (Å²) in [6.07, 6.45) is 0. The average molecular weight is 260 g/mol. The first kappa shape index (κ1) is 11.2. The van der Waals surface area contributed by atoms with Crippen molar-refractivity contribution in [3.8, 4) is 0 Å². The Kier molecular flexibility index (Phi) is 2.92. The highest BCUT2D eigenvalue weighted by Crippen LogP contribution is 2.47. The molecular formula is C12H9BO2S2. The van der Waals surface area contributed by atoms with Crippen molar-refractivity contribution in [1.82, 2.24) is 0 Å². The standard InChI is InChI=1S/C12H9BO2S2/c14-13(15)8-5-6-11-12(7-8)17-10-4-2-1-3-9(10)16-11/h1-7,14-15H. The summed E-state index contributed by atoms with van der Waals surface area (Å²) < 4.78 is 0. The summed E-state index contributed by atoms with van der Waals surface area (Å²) in [5, 5.41) is 18.3. The Morgan fingerprint density at radius 1 is 0.765 bits per heavy atom. The van der Waals surface area contributed by atoms with Gasteiger partial charge in [-0.25, -0.2) is 0 Å². The number of hydrogen-bond donors (Lipinski definition) is 2. The molecule has 1 aliphatic heterocycles. The van der Waals surface area contributed by atoms with Gasteiger partial charge in [0.05, 0.1) is 0 Å². The molecule has 0 radical (unpaired) electrons. The number of benzene rings is 2. The van der Waals surface area contributed by atoms with Crippen LogP contribution in [0.4, 0.5) is 0 Å². The normalized spacial score (nSPS) is 12.8. The Balaban J connectivity index is 2.03. The molecule has 5 heteroatoms. The van der Waals surface area contributed by atoms with E-state index in [-0.39, 0.29) is 0 Å². The summed E-state index contributed by atoms with van der Waals surface area (Å²) in [5.41, 5.74) is 0.538. The third kappa shape index (κ3) is 2.11. The second-order valence-electron chi connectivity index (χ2n) is 3.73. The van der Waals surface area contributed by atoms with Gasteiger partial charge in [-0.2, -0.15) is 0 Å². The van der Waals surface area contributed by atoms with Gasteiger partial charge in [-0.1, -0.05) is 41.7 Å². The number of fused-ring (bicyclic) bond motifs is 2. The van der Waals surface area contributed by atoms with Crippen LogP contribution in [0.5, 0.6) is 0 Å². The van der Waals surface area contributed by atoms with E-state index in [1.165, 1.54) is 9.79 Å². The summed E-state index contributed by atoms with van der Waals surface area (Å²) in [4.78, 5) is 4.72. The van der Waals surface area contributed by atoms with Crippen LogP contribution in [0.2, 0.25) is 0 Å². The lowest BCUT2D eigenvalue weighted by Gasteiger charge is -2.18. The topological polar surface area (TPSA) is 40.5 Å². The van der Waals surface area contributed by atoms with Gasteiger partial charge in [0.25, 0.3) is 0 Å². The summed E-state index contributed by atoms with van der Waals surface area (Å²) in [6, 6.07) is 13.8. The van der Waals surface area contributed by atoms with Crippen molar-refractivity contribution in [3.63, 3.8) is 0 Å². The van der Waals surface area contributed by atoms with Gasteiger partial charge in [-0.3, -0.25) is 0 Å². The molecule has 84 valence electrons. The van der Waals surface area contributed by atoms with Crippen molar-refractivity contribution < 1.29 is 10.0 Å². The van der Waals surface area contributed by atoms with E-state index in [2.05, 4.69) is 12.1 Å². The van der Waals surface area contributed by atoms with Crippen molar-refractivity contribution >= 4 is 36.1 Å². The molecule has 0 fully saturated rings. The lowest BCUT2D eigenvalue weighted by Crippen LogP contribution is -2.29. The molecule has 2 aromatic carbocycles. The van der Waals surface area contributed by atoms with Gasteiger partial charge in [0.1, 0.15) is 0 Å². The summed E-state index contributed by atoms with van der Waals surface area (Å²) in [7, 11) is -1.40. The van der Waals surface area contributed by atoms with Crippen LogP contribution in [-0.2, 0) is 0 Å². The largest absolute Gasteiger partial charge is 0.488 e. The van der Waals surface area contributed by atoms with Crippen LogP contribution in [0.1, 0.15) is 0 Å². The van der Waals surface area contributed by atoms with Gasteiger partial charge in [0, 0.05) is 19.6 Å². The molecule has 0 saturated heterocycles. The molecule has 17 heavy (non-hydrogen) atoms. The first-order valence-corrected chi connectivity index (χ1v) is 6.82. The Bertz CT molecular complexity index is 572. The van der Waals surface area contributed by atoms with E-state index in [9.17, 15) is 0 Å². The van der Waals surface area contributed by atoms with Crippen LogP contribution in [0, 0.1) is 0 Å². The van der Waals surface area contributed by atoms with E-state index in [4.69, 9.17) is 10.0 Å². The first-order valence-electron chi connectivity index (χ1n) is 5.19. The van der Waals surface area contributed by atoms with E-state index >= 15 is 0 Å². The lowest BCUT2D eigenvalue weighted by molar-refractivity contribution is 0.425. The molecule has 1 aliphatic rings. The fraction of sp³-hybridized carbons (Fsp3) is 0. The molecule has 3 rings (SSSR count). The van der Waals surface area contributed by atoms with Crippen molar-refractivity contribution in [2.24, 2.45) is 0 Å². The Labute approximate surface area is 108 Å². The Morgan fingerprint density at radius 3 is 2.00 bits per heavy atom. The predicted octanol–water partition coefficient (Wildman–Crippen LogP) is 1.98. The Morgan fingerprint density at radius 2 is 1.35 bits per heavy atom. The van der Waals surface area contributed by atoms with Crippen LogP contribution < -0.4 is 5.46 Å². The number of rotatable bonds is 1. The van der Waals surface area contributed by atoms with E-state index in [0.29, 0.717) is 5.46 Å². The molecule has 0 spiro atoms. The zero-order chi connectivity index (χ0) is 11.8. The highest BCUT2D eigenvalue weighted by molar-refractivity contribution is 8.05. The monoisotopic (exact) mass is 260 g/mol. The highest BCUT2D eigenvalue weighted by atomic mass is 32.2. The molecule has 2 nitrogen and oxygen atoms in total. The van der Waals surface area contributed by atoms with Crippen LogP contribution in [0.15, 0.2) is 62.0 Å². The van der Waals surface area contributed by atoms with Gasteiger partial charge < -0.3 is 10.0 Å². The molecular weight excluding hydrogens is 251 g/mol. The van der Waals surface area contributed by atoms with Gasteiger partial charge in [-0.05, 0) is 29.7 Å². The summed E-state index contributed by atoms with van der Waals surface area (Å²) in [5.74, 6) is 0. The van der Waals surface area contributed by atoms with Crippen LogP contribution in [0.25, 0.3) is 0 Å². The summed E-state index contributed by atoms with van der Waals surface area (Å²) >= 11 is 3.39. The van der Waals surface area contributed by atoms with Gasteiger partial charge in [0.15, 0.2) is 0 Å². The quantitative estimate of drug-likeness (QED) is 0.656. The number of hydrogen-bond acceptors (Lipinski definition) is 4. The van der Waals surface area contributed by atoms with E-state index in [1.807, 2.05) is 24.3 Å². The minimum absolute atomic E-state index is 0.538. The summed E-state index contributed by atoms with van der Waals surface area (Å²) in [6.45, 7) is 0. The van der Waals surface area contributed by atoms with Crippen molar-refractivity contribution in [1.29, 1.82) is 0 Å². The third-order valence-electron chi connectivity index (χ3n) is 2.55. The second kappa shape index (κ2) is 4.42. The van der Waals surface area contributed by atoms with Crippen molar-refractivity contribution in [3.05, 3.63) is 42.5 Å². The second-order valence-corrected chi connectivity index (χ2v) is 5.90. The fourth-order valence-electron chi connectivity index (χ4n) is 1.71. The van der Waals surface area contributed by atoms with Crippen molar-refractivity contribution in [2.45, 2.75) is 19.6 Å². The highest BCUT2D eigenvalue weighted by Gasteiger charge is 2.19. The molecule has 0 saturated carbocycles. The maximum Gasteiger partial charge on any atom is 0.488 e. The maximum atomic E-state index is 9.16. The first-order chi connectivity index (χ1) is 8.24. The van der Waals surface area contributed by atoms with Crippen LogP contribution in [0.3, 0.4) is 0 Å². The lowest BCUT2D eigenvalue weighted by atomic mass is 9.80. The average Bonchev–Trinajstić information content (AvgIpc) is 2.35. The minimum Gasteiger partial charge on any atom is -0.423 e. The SMILES string of the molecule is OB(O)c1ccc2c(c1)Sc1ccccc1S2. The van der Waals surface area contributed by atoms with Gasteiger partial charge in [0.2, 0.25) is 0 Å². The molecule has 0 atom stereocenters. The van der Waals surface area contributed by atoms with Gasteiger partial charge >= 0.3 is 7.12 Å². The molecule has 0 aliphatic carbocycles. The van der Waals surface area contributed by atoms with E-state index in [1.54, 1.807) is 29.6 Å². The minimum atomic E-state index is -1.40. The molecule has 0 unspecified atom stereocenters. The molecule has 0 aromatic heterocycles. The zero-order valence-electron chi connectivity index (χ0n) is 8.83. The van der Waals surface area contributed by atoms with Crippen LogP contribution >= 0.6 is 23.5 Å². The molecule has 2 aromatic rings. The Hall–Kier alpha value is -0.875. The molecule has 0 amide bonds. The van der Waals surface area contributed by atoms with Gasteiger partial charge in [-0.15, -0.1) is 0 Å². The van der Waals surface area contributed by atoms with E-state index in [0.717, 1.165) is 9.79 Å². The molecule has 2 N–H and O–H groups in total. The molecule has 1 heterocycles. The third-order valence-corrected chi connectivity index (χ3v) is 5.10. The van der Waals surface area contributed by atoms with Crippen LogP contribution in [-0.4, -0.2) is 17.2 Å². The predicted molar refractivity (Wildman–Crippen MR) is 71.0 cm³/mol. The maximum absolute atomic E-state index is 9.16.